The molecule has 0 atom stereocenters. The maximum Gasteiger partial charge on any atom is 0.265 e. The molecule has 0 bridgehead atoms. The lowest BCUT2D eigenvalue weighted by Gasteiger charge is -2.04. The first-order valence-corrected chi connectivity index (χ1v) is 10.1. The van der Waals surface area contributed by atoms with Crippen molar-refractivity contribution in [1.29, 1.82) is 0 Å². The quantitative estimate of drug-likeness (QED) is 0.407. The first kappa shape index (κ1) is 17.4. The average molecular weight is 395 g/mol. The minimum atomic E-state index is -0.120. The van der Waals surface area contributed by atoms with Gasteiger partial charge in [0, 0.05) is 18.0 Å². The fourth-order valence-electron chi connectivity index (χ4n) is 3.31. The Bertz CT molecular complexity index is 1270. The summed E-state index contributed by atoms with van der Waals surface area (Å²) in [5, 5.41) is 4.86. The number of nitrogens with zero attached hydrogens (tertiary/aromatic N) is 2. The predicted molar refractivity (Wildman–Crippen MR) is 118 cm³/mol. The molecule has 3 heterocycles. The summed E-state index contributed by atoms with van der Waals surface area (Å²) in [6, 6.07) is 26.1. The van der Waals surface area contributed by atoms with Gasteiger partial charge in [-0.25, -0.2) is 4.98 Å². The summed E-state index contributed by atoms with van der Waals surface area (Å²) in [5.74, 6) is -0.120. The summed E-state index contributed by atoms with van der Waals surface area (Å²) in [6.45, 7) is 0. The number of benzene rings is 2. The second kappa shape index (κ2) is 7.37. The molecule has 0 saturated carbocycles. The Labute approximate surface area is 172 Å². The third kappa shape index (κ3) is 3.44. The maximum absolute atomic E-state index is 12.4. The van der Waals surface area contributed by atoms with Gasteiger partial charge >= 0.3 is 0 Å². The number of hydrogen-bond donors (Lipinski definition) is 1. The number of aromatic nitrogens is 2. The summed E-state index contributed by atoms with van der Waals surface area (Å²) in [6.07, 6.45) is 3.92. The third-order valence-electron chi connectivity index (χ3n) is 4.76. The molecule has 5 heteroatoms. The number of rotatable bonds is 4. The van der Waals surface area contributed by atoms with Crippen molar-refractivity contribution in [1.82, 2.24) is 9.38 Å². The molecule has 5 rings (SSSR count). The zero-order chi connectivity index (χ0) is 19.6. The Hall–Kier alpha value is -3.70. The molecule has 5 aromatic rings. The Morgan fingerprint density at radius 3 is 2.34 bits per heavy atom. The Kier molecular flexibility index (Phi) is 4.42. The van der Waals surface area contributed by atoms with Crippen molar-refractivity contribution in [3.8, 4) is 22.4 Å². The van der Waals surface area contributed by atoms with E-state index in [0.717, 1.165) is 16.9 Å². The van der Waals surface area contributed by atoms with Crippen LogP contribution in [0.5, 0.6) is 0 Å². The number of hydrogen-bond acceptors (Lipinski definition) is 3. The highest BCUT2D eigenvalue weighted by molar-refractivity contribution is 7.12. The SMILES string of the molecule is O=C(Nc1cccn2cc(-c3ccc(-c4ccccc4)cc3)nc12)c1cccs1. The lowest BCUT2D eigenvalue weighted by Crippen LogP contribution is -2.11. The van der Waals surface area contributed by atoms with Gasteiger partial charge in [0.05, 0.1) is 16.3 Å². The summed E-state index contributed by atoms with van der Waals surface area (Å²) in [7, 11) is 0. The van der Waals surface area contributed by atoms with Crippen LogP contribution in [0.1, 0.15) is 9.67 Å². The molecule has 140 valence electrons. The van der Waals surface area contributed by atoms with E-state index in [1.807, 2.05) is 64.6 Å². The van der Waals surface area contributed by atoms with Gasteiger partial charge in [0.15, 0.2) is 5.65 Å². The van der Waals surface area contributed by atoms with Crippen LogP contribution in [-0.2, 0) is 0 Å². The Morgan fingerprint density at radius 2 is 1.59 bits per heavy atom. The van der Waals surface area contributed by atoms with Crippen LogP contribution in [0.4, 0.5) is 5.69 Å². The molecule has 0 aliphatic carbocycles. The number of carbonyl (C=O) groups is 1. The fraction of sp³-hybridized carbons (Fsp3) is 0. The minimum Gasteiger partial charge on any atom is -0.318 e. The zero-order valence-corrected chi connectivity index (χ0v) is 16.3. The number of amides is 1. The lowest BCUT2D eigenvalue weighted by atomic mass is 10.0. The van der Waals surface area contributed by atoms with Crippen LogP contribution in [0.3, 0.4) is 0 Å². The highest BCUT2D eigenvalue weighted by Crippen LogP contribution is 2.26. The summed E-state index contributed by atoms with van der Waals surface area (Å²) >= 11 is 1.42. The van der Waals surface area contributed by atoms with Crippen molar-refractivity contribution in [3.05, 3.63) is 102 Å². The van der Waals surface area contributed by atoms with Crippen LogP contribution >= 0.6 is 11.3 Å². The van der Waals surface area contributed by atoms with Crippen molar-refractivity contribution in [2.45, 2.75) is 0 Å². The molecule has 29 heavy (non-hydrogen) atoms. The molecule has 0 saturated heterocycles. The van der Waals surface area contributed by atoms with Crippen molar-refractivity contribution in [2.75, 3.05) is 5.32 Å². The molecule has 2 aromatic carbocycles. The molecule has 0 spiro atoms. The summed E-state index contributed by atoms with van der Waals surface area (Å²) in [4.78, 5) is 17.9. The Balaban J connectivity index is 1.46. The zero-order valence-electron chi connectivity index (χ0n) is 15.4. The van der Waals surface area contributed by atoms with Gasteiger partial charge in [0.25, 0.3) is 5.91 Å². The fourth-order valence-corrected chi connectivity index (χ4v) is 3.92. The molecule has 0 unspecified atom stereocenters. The second-order valence-electron chi connectivity index (χ2n) is 6.65. The second-order valence-corrected chi connectivity index (χ2v) is 7.60. The van der Waals surface area contributed by atoms with Crippen molar-refractivity contribution in [3.63, 3.8) is 0 Å². The molecule has 0 aliphatic rings. The van der Waals surface area contributed by atoms with Gasteiger partial charge in [0.2, 0.25) is 0 Å². The smallest absolute Gasteiger partial charge is 0.265 e. The van der Waals surface area contributed by atoms with Gasteiger partial charge in [-0.2, -0.15) is 0 Å². The molecule has 0 aliphatic heterocycles. The standard InChI is InChI=1S/C24H17N3OS/c28-24(22-9-5-15-29-22)26-20-8-4-14-27-16-21(25-23(20)27)19-12-10-18(11-13-19)17-6-2-1-3-7-17/h1-16H,(H,26,28). The number of nitrogens with one attached hydrogen (secondary N) is 1. The van der Waals surface area contributed by atoms with E-state index in [4.69, 9.17) is 4.98 Å². The molecule has 4 nitrogen and oxygen atoms in total. The number of imidazole rings is 1. The van der Waals surface area contributed by atoms with E-state index in [0.29, 0.717) is 10.6 Å². The van der Waals surface area contributed by atoms with Gasteiger partial charge in [-0.15, -0.1) is 11.3 Å². The average Bonchev–Trinajstić information content (AvgIpc) is 3.45. The highest BCUT2D eigenvalue weighted by atomic mass is 32.1. The third-order valence-corrected chi connectivity index (χ3v) is 5.63. The van der Waals surface area contributed by atoms with Gasteiger partial charge in [-0.05, 0) is 34.7 Å². The molecule has 0 fully saturated rings. The number of carbonyl (C=O) groups excluding carboxylic acids is 1. The predicted octanol–water partition coefficient (Wildman–Crippen LogP) is 5.98. The first-order chi connectivity index (χ1) is 14.3. The van der Waals surface area contributed by atoms with E-state index in [9.17, 15) is 4.79 Å². The maximum atomic E-state index is 12.4. The molecule has 0 radical (unpaired) electrons. The number of fused-ring (bicyclic) bond motifs is 1. The van der Waals surface area contributed by atoms with E-state index in [1.165, 1.54) is 22.5 Å². The van der Waals surface area contributed by atoms with Gasteiger partial charge in [-0.1, -0.05) is 60.7 Å². The number of thiophene rings is 1. The van der Waals surface area contributed by atoms with E-state index in [2.05, 4.69) is 41.7 Å². The molecule has 3 aromatic heterocycles. The lowest BCUT2D eigenvalue weighted by molar-refractivity contribution is 0.103. The van der Waals surface area contributed by atoms with Gasteiger partial charge < -0.3 is 9.72 Å². The van der Waals surface area contributed by atoms with E-state index in [-0.39, 0.29) is 5.91 Å². The molecule has 1 N–H and O–H groups in total. The van der Waals surface area contributed by atoms with Crippen LogP contribution in [0, 0.1) is 0 Å². The minimum absolute atomic E-state index is 0.120. The molecular formula is C24H17N3OS. The monoisotopic (exact) mass is 395 g/mol. The van der Waals surface area contributed by atoms with Crippen LogP contribution in [0.15, 0.2) is 96.6 Å². The summed E-state index contributed by atoms with van der Waals surface area (Å²) in [5.41, 5.74) is 5.67. The highest BCUT2D eigenvalue weighted by Gasteiger charge is 2.12. The molecular weight excluding hydrogens is 378 g/mol. The van der Waals surface area contributed by atoms with E-state index < -0.39 is 0 Å². The molecule has 1 amide bonds. The number of pyridine rings is 1. The van der Waals surface area contributed by atoms with Gasteiger partial charge in [0.1, 0.15) is 0 Å². The Morgan fingerprint density at radius 1 is 0.828 bits per heavy atom. The van der Waals surface area contributed by atoms with Crippen LogP contribution in [0.2, 0.25) is 0 Å². The normalized spacial score (nSPS) is 10.9. The van der Waals surface area contributed by atoms with Crippen molar-refractivity contribution >= 4 is 28.6 Å². The van der Waals surface area contributed by atoms with Crippen molar-refractivity contribution in [2.24, 2.45) is 0 Å². The van der Waals surface area contributed by atoms with Crippen LogP contribution in [0.25, 0.3) is 28.0 Å². The van der Waals surface area contributed by atoms with E-state index in [1.54, 1.807) is 0 Å². The van der Waals surface area contributed by atoms with E-state index >= 15 is 0 Å². The largest absolute Gasteiger partial charge is 0.318 e. The van der Waals surface area contributed by atoms with Crippen molar-refractivity contribution < 1.29 is 4.79 Å². The van der Waals surface area contributed by atoms with Gasteiger partial charge in [-0.3, -0.25) is 4.79 Å². The van der Waals surface area contributed by atoms with Crippen LogP contribution in [-0.4, -0.2) is 15.3 Å². The summed E-state index contributed by atoms with van der Waals surface area (Å²) < 4.78 is 1.93. The first-order valence-electron chi connectivity index (χ1n) is 9.26. The van der Waals surface area contributed by atoms with Crippen LogP contribution < -0.4 is 5.32 Å². The topological polar surface area (TPSA) is 46.4 Å². The number of anilines is 1.